The van der Waals surface area contributed by atoms with Crippen LogP contribution in [0.5, 0.6) is 0 Å². The van der Waals surface area contributed by atoms with Crippen LogP contribution in [0.2, 0.25) is 0 Å². The fourth-order valence-corrected chi connectivity index (χ4v) is 1.65. The number of amides is 1. The predicted molar refractivity (Wildman–Crippen MR) is 68.0 cm³/mol. The van der Waals surface area contributed by atoms with E-state index in [2.05, 4.69) is 15.5 Å². The molecule has 0 unspecified atom stereocenters. The highest BCUT2D eigenvalue weighted by Crippen LogP contribution is 2.31. The summed E-state index contributed by atoms with van der Waals surface area (Å²) in [5, 5.41) is 9.82. The van der Waals surface area contributed by atoms with Gasteiger partial charge in [-0.1, -0.05) is 0 Å². The van der Waals surface area contributed by atoms with Gasteiger partial charge in [-0.25, -0.2) is 0 Å². The topological polar surface area (TPSA) is 85.8 Å². The second-order valence-corrected chi connectivity index (χ2v) is 4.34. The van der Waals surface area contributed by atoms with Gasteiger partial charge in [-0.3, -0.25) is 4.79 Å². The Morgan fingerprint density at radius 1 is 1.43 bits per heavy atom. The molecule has 6 nitrogen and oxygen atoms in total. The van der Waals surface area contributed by atoms with Crippen molar-refractivity contribution in [2.45, 2.75) is 12.7 Å². The maximum atomic E-state index is 12.6. The van der Waals surface area contributed by atoms with Crippen LogP contribution in [0.25, 0.3) is 0 Å². The van der Waals surface area contributed by atoms with Crippen LogP contribution in [0.15, 0.2) is 24.5 Å². The maximum absolute atomic E-state index is 12.6. The van der Waals surface area contributed by atoms with Crippen molar-refractivity contribution >= 4 is 11.6 Å². The molecule has 1 aromatic heterocycles. The molecule has 0 aliphatic carbocycles. The third-order valence-electron chi connectivity index (χ3n) is 2.84. The molecular weight excluding hydrogens is 287 g/mol. The Balaban J connectivity index is 2.17. The van der Waals surface area contributed by atoms with E-state index in [1.807, 2.05) is 0 Å². The summed E-state index contributed by atoms with van der Waals surface area (Å²) in [5.41, 5.74) is 4.36. The molecule has 3 N–H and O–H groups in total. The number of nitrogens with two attached hydrogens (primary N) is 1. The highest BCUT2D eigenvalue weighted by Gasteiger charge is 2.31. The first-order chi connectivity index (χ1) is 9.79. The van der Waals surface area contributed by atoms with Gasteiger partial charge in [0.15, 0.2) is 5.82 Å². The molecule has 0 saturated heterocycles. The van der Waals surface area contributed by atoms with E-state index in [4.69, 9.17) is 5.73 Å². The van der Waals surface area contributed by atoms with Crippen molar-refractivity contribution < 1.29 is 18.0 Å². The van der Waals surface area contributed by atoms with E-state index in [1.165, 1.54) is 6.33 Å². The van der Waals surface area contributed by atoms with Gasteiger partial charge in [0.1, 0.15) is 6.33 Å². The number of hydrogen-bond acceptors (Lipinski definition) is 4. The SMILES string of the molecule is Cn1cnnc1CNC(=O)c1cc(C(F)(F)F)ccc1N. The average molecular weight is 299 g/mol. The summed E-state index contributed by atoms with van der Waals surface area (Å²) >= 11 is 0. The summed E-state index contributed by atoms with van der Waals surface area (Å²) in [7, 11) is 1.68. The fraction of sp³-hybridized carbons (Fsp3) is 0.250. The molecule has 1 heterocycles. The zero-order chi connectivity index (χ0) is 15.6. The molecule has 0 aliphatic rings. The summed E-state index contributed by atoms with van der Waals surface area (Å²) in [6, 6.07) is 2.61. The molecule has 0 radical (unpaired) electrons. The molecule has 0 bridgehead atoms. The Morgan fingerprint density at radius 2 is 2.14 bits per heavy atom. The lowest BCUT2D eigenvalue weighted by atomic mass is 10.1. The molecule has 2 aromatic rings. The third kappa shape index (κ3) is 3.30. The van der Waals surface area contributed by atoms with Crippen LogP contribution >= 0.6 is 0 Å². The van der Waals surface area contributed by atoms with Gasteiger partial charge in [0, 0.05) is 12.7 Å². The van der Waals surface area contributed by atoms with Crippen LogP contribution < -0.4 is 11.1 Å². The molecule has 0 aliphatic heterocycles. The van der Waals surface area contributed by atoms with Crippen molar-refractivity contribution in [1.29, 1.82) is 0 Å². The first kappa shape index (κ1) is 14.8. The Kier molecular flexibility index (Phi) is 3.83. The Bertz CT molecular complexity index is 665. The molecule has 112 valence electrons. The van der Waals surface area contributed by atoms with Gasteiger partial charge >= 0.3 is 6.18 Å². The van der Waals surface area contributed by atoms with E-state index in [1.54, 1.807) is 11.6 Å². The summed E-state index contributed by atoms with van der Waals surface area (Å²) < 4.78 is 39.5. The summed E-state index contributed by atoms with van der Waals surface area (Å²) in [4.78, 5) is 11.9. The molecule has 0 saturated carbocycles. The number of hydrogen-bond donors (Lipinski definition) is 2. The molecule has 1 amide bonds. The number of carbonyl (C=O) groups excluding carboxylic acids is 1. The van der Waals surface area contributed by atoms with Crippen LogP contribution in [0, 0.1) is 0 Å². The minimum atomic E-state index is -4.54. The van der Waals surface area contributed by atoms with Gasteiger partial charge in [0.25, 0.3) is 5.91 Å². The first-order valence-corrected chi connectivity index (χ1v) is 5.87. The lowest BCUT2D eigenvalue weighted by molar-refractivity contribution is -0.137. The molecule has 0 spiro atoms. The Morgan fingerprint density at radius 3 is 2.71 bits per heavy atom. The predicted octanol–water partition coefficient (Wildman–Crippen LogP) is 1.35. The number of halogens is 3. The molecule has 0 fully saturated rings. The third-order valence-corrected chi connectivity index (χ3v) is 2.84. The van der Waals surface area contributed by atoms with Gasteiger partial charge in [0.2, 0.25) is 0 Å². The lowest BCUT2D eigenvalue weighted by Gasteiger charge is -2.11. The van der Waals surface area contributed by atoms with Gasteiger partial charge in [0.05, 0.1) is 17.7 Å². The van der Waals surface area contributed by atoms with E-state index in [9.17, 15) is 18.0 Å². The van der Waals surface area contributed by atoms with Crippen molar-refractivity contribution in [3.8, 4) is 0 Å². The average Bonchev–Trinajstić information content (AvgIpc) is 2.80. The Labute approximate surface area is 117 Å². The largest absolute Gasteiger partial charge is 0.416 e. The number of aromatic nitrogens is 3. The summed E-state index contributed by atoms with van der Waals surface area (Å²) in [6.07, 6.45) is -3.09. The number of alkyl halides is 3. The van der Waals surface area contributed by atoms with Gasteiger partial charge in [-0.2, -0.15) is 13.2 Å². The van der Waals surface area contributed by atoms with Gasteiger partial charge in [-0.15, -0.1) is 10.2 Å². The van der Waals surface area contributed by atoms with E-state index in [-0.39, 0.29) is 17.8 Å². The number of nitrogens with zero attached hydrogens (tertiary/aromatic N) is 3. The van der Waals surface area contributed by atoms with Crippen molar-refractivity contribution in [2.75, 3.05) is 5.73 Å². The molecule has 0 atom stereocenters. The molecular formula is C12H12F3N5O. The van der Waals surface area contributed by atoms with E-state index in [0.717, 1.165) is 18.2 Å². The van der Waals surface area contributed by atoms with Crippen LogP contribution in [0.4, 0.5) is 18.9 Å². The van der Waals surface area contributed by atoms with Crippen molar-refractivity contribution in [3.05, 3.63) is 41.5 Å². The van der Waals surface area contributed by atoms with Crippen LogP contribution in [-0.4, -0.2) is 20.7 Å². The summed E-state index contributed by atoms with van der Waals surface area (Å²) in [6.45, 7) is 0.0328. The first-order valence-electron chi connectivity index (χ1n) is 5.87. The molecule has 2 rings (SSSR count). The number of anilines is 1. The zero-order valence-electron chi connectivity index (χ0n) is 11.0. The minimum absolute atomic E-state index is 0.0292. The second-order valence-electron chi connectivity index (χ2n) is 4.34. The fourth-order valence-electron chi connectivity index (χ4n) is 1.65. The smallest absolute Gasteiger partial charge is 0.398 e. The minimum Gasteiger partial charge on any atom is -0.398 e. The number of carbonyl (C=O) groups is 1. The van der Waals surface area contributed by atoms with E-state index < -0.39 is 17.6 Å². The highest BCUT2D eigenvalue weighted by atomic mass is 19.4. The standard InChI is InChI=1S/C12H12F3N5O/c1-20-6-18-19-10(20)5-17-11(21)8-4-7(12(13,14)15)2-3-9(8)16/h2-4,6H,5,16H2,1H3,(H,17,21). The van der Waals surface area contributed by atoms with Crippen LogP contribution in [0.3, 0.4) is 0 Å². The number of nitrogens with one attached hydrogen (secondary N) is 1. The molecule has 1 aromatic carbocycles. The number of nitrogen functional groups attached to an aromatic ring is 1. The molecule has 21 heavy (non-hydrogen) atoms. The molecule has 9 heteroatoms. The van der Waals surface area contributed by atoms with Gasteiger partial charge in [-0.05, 0) is 18.2 Å². The quantitative estimate of drug-likeness (QED) is 0.838. The van der Waals surface area contributed by atoms with E-state index >= 15 is 0 Å². The van der Waals surface area contributed by atoms with Crippen molar-refractivity contribution in [3.63, 3.8) is 0 Å². The lowest BCUT2D eigenvalue weighted by Crippen LogP contribution is -2.25. The van der Waals surface area contributed by atoms with Crippen molar-refractivity contribution in [2.24, 2.45) is 7.05 Å². The number of benzene rings is 1. The number of aryl methyl sites for hydroxylation is 1. The normalized spacial score (nSPS) is 11.4. The second kappa shape index (κ2) is 5.43. The summed E-state index contributed by atoms with van der Waals surface area (Å²) in [5.74, 6) is -0.240. The van der Waals surface area contributed by atoms with Crippen LogP contribution in [-0.2, 0) is 19.8 Å². The van der Waals surface area contributed by atoms with E-state index in [0.29, 0.717) is 5.82 Å². The highest BCUT2D eigenvalue weighted by molar-refractivity contribution is 5.99. The van der Waals surface area contributed by atoms with Crippen LogP contribution in [0.1, 0.15) is 21.7 Å². The van der Waals surface area contributed by atoms with Gasteiger partial charge < -0.3 is 15.6 Å². The monoisotopic (exact) mass is 299 g/mol. The maximum Gasteiger partial charge on any atom is 0.416 e. The zero-order valence-corrected chi connectivity index (χ0v) is 11.0. The Hall–Kier alpha value is -2.58. The van der Waals surface area contributed by atoms with Crippen molar-refractivity contribution in [1.82, 2.24) is 20.1 Å². The number of rotatable bonds is 3.